The van der Waals surface area contributed by atoms with E-state index in [0.717, 1.165) is 17.5 Å². The lowest BCUT2D eigenvalue weighted by molar-refractivity contribution is 0.795. The molecule has 2 aromatic carbocycles. The highest BCUT2D eigenvalue weighted by Crippen LogP contribution is 2.17. The molecule has 0 saturated carbocycles. The van der Waals surface area contributed by atoms with Crippen LogP contribution < -0.4 is 5.56 Å². The maximum absolute atomic E-state index is 12.1. The zero-order valence-electron chi connectivity index (χ0n) is 12.1. The lowest BCUT2D eigenvalue weighted by Crippen LogP contribution is -2.09. The van der Waals surface area contributed by atoms with Crippen LogP contribution in [-0.2, 0) is 6.42 Å². The second-order valence-electron chi connectivity index (χ2n) is 5.23. The van der Waals surface area contributed by atoms with Gasteiger partial charge in [0.25, 0.3) is 5.56 Å². The third-order valence-corrected chi connectivity index (χ3v) is 3.66. The number of nitrogens with one attached hydrogen (secondary N) is 1. The number of rotatable bonds is 4. The van der Waals surface area contributed by atoms with E-state index >= 15 is 0 Å². The highest BCUT2D eigenvalue weighted by atomic mass is 16.1. The number of hydrogen-bond acceptors (Lipinski definition) is 2. The van der Waals surface area contributed by atoms with Crippen LogP contribution in [0, 0.1) is 0 Å². The Balaban J connectivity index is 1.98. The van der Waals surface area contributed by atoms with E-state index in [0.29, 0.717) is 11.2 Å². The maximum atomic E-state index is 12.1. The predicted molar refractivity (Wildman–Crippen MR) is 86.4 cm³/mol. The molecule has 21 heavy (non-hydrogen) atoms. The van der Waals surface area contributed by atoms with E-state index in [2.05, 4.69) is 29.0 Å². The van der Waals surface area contributed by atoms with Gasteiger partial charge in [-0.2, -0.15) is 0 Å². The average molecular weight is 278 g/mol. The molecule has 0 amide bonds. The molecule has 0 aliphatic rings. The Kier molecular flexibility index (Phi) is 3.82. The number of H-pyrrole nitrogens is 1. The second-order valence-corrected chi connectivity index (χ2v) is 5.23. The van der Waals surface area contributed by atoms with E-state index < -0.39 is 0 Å². The van der Waals surface area contributed by atoms with Crippen LogP contribution in [-0.4, -0.2) is 9.97 Å². The molecule has 106 valence electrons. The van der Waals surface area contributed by atoms with Gasteiger partial charge < -0.3 is 4.98 Å². The van der Waals surface area contributed by atoms with E-state index in [1.165, 1.54) is 18.4 Å². The van der Waals surface area contributed by atoms with Crippen LogP contribution in [0.25, 0.3) is 22.3 Å². The first-order chi connectivity index (χ1) is 10.3. The number of unbranched alkanes of at least 4 members (excludes halogenated alkanes) is 1. The Hall–Kier alpha value is -2.42. The molecular weight excluding hydrogens is 260 g/mol. The molecule has 0 bridgehead atoms. The molecule has 0 fully saturated rings. The molecule has 3 rings (SSSR count). The molecule has 0 spiro atoms. The summed E-state index contributed by atoms with van der Waals surface area (Å²) in [6, 6.07) is 15.7. The number of hydrogen-bond donors (Lipinski definition) is 1. The van der Waals surface area contributed by atoms with E-state index in [4.69, 9.17) is 0 Å². The summed E-state index contributed by atoms with van der Waals surface area (Å²) in [5.41, 5.74) is 2.90. The molecule has 0 radical (unpaired) electrons. The average Bonchev–Trinajstić information content (AvgIpc) is 2.53. The van der Waals surface area contributed by atoms with Crippen LogP contribution in [0.5, 0.6) is 0 Å². The van der Waals surface area contributed by atoms with Crippen LogP contribution in [0.15, 0.2) is 53.3 Å². The van der Waals surface area contributed by atoms with Gasteiger partial charge in [-0.3, -0.25) is 4.79 Å². The lowest BCUT2D eigenvalue weighted by atomic mass is 10.1. The number of nitrogens with zero attached hydrogens (tertiary/aromatic N) is 1. The Morgan fingerprint density at radius 1 is 1.05 bits per heavy atom. The summed E-state index contributed by atoms with van der Waals surface area (Å²) in [7, 11) is 0. The van der Waals surface area contributed by atoms with Crippen LogP contribution in [0.1, 0.15) is 25.3 Å². The summed E-state index contributed by atoms with van der Waals surface area (Å²) in [5.74, 6) is 0.626. The molecule has 3 nitrogen and oxygen atoms in total. The molecular formula is C18H18N2O. The molecule has 1 aromatic heterocycles. The van der Waals surface area contributed by atoms with Gasteiger partial charge in [-0.25, -0.2) is 4.98 Å². The van der Waals surface area contributed by atoms with Crippen LogP contribution in [0.2, 0.25) is 0 Å². The van der Waals surface area contributed by atoms with Crippen molar-refractivity contribution in [2.45, 2.75) is 26.2 Å². The first-order valence-electron chi connectivity index (χ1n) is 7.36. The predicted octanol–water partition coefficient (Wildman–Crippen LogP) is 3.93. The van der Waals surface area contributed by atoms with Gasteiger partial charge in [-0.1, -0.05) is 49.7 Å². The summed E-state index contributed by atoms with van der Waals surface area (Å²) >= 11 is 0. The smallest absolute Gasteiger partial charge is 0.259 e. The normalized spacial score (nSPS) is 10.9. The summed E-state index contributed by atoms with van der Waals surface area (Å²) < 4.78 is 0. The van der Waals surface area contributed by atoms with Crippen molar-refractivity contribution >= 4 is 10.9 Å². The summed E-state index contributed by atoms with van der Waals surface area (Å²) in [5, 5.41) is 0.626. The summed E-state index contributed by atoms with van der Waals surface area (Å²) in [6.45, 7) is 2.19. The molecule has 3 aromatic rings. The first kappa shape index (κ1) is 13.6. The lowest BCUT2D eigenvalue weighted by Gasteiger charge is -2.05. The van der Waals surface area contributed by atoms with Crippen LogP contribution >= 0.6 is 0 Å². The SMILES string of the molecule is CCCCc1ccc(-c2nc3ccccc3c(=O)[nH]2)cc1. The van der Waals surface area contributed by atoms with Crippen molar-refractivity contribution in [1.82, 2.24) is 9.97 Å². The molecule has 1 N–H and O–H groups in total. The number of aromatic amines is 1. The van der Waals surface area contributed by atoms with E-state index in [9.17, 15) is 4.79 Å². The number of fused-ring (bicyclic) bond motifs is 1. The number of aryl methyl sites for hydroxylation is 1. The fourth-order valence-electron chi connectivity index (χ4n) is 2.43. The van der Waals surface area contributed by atoms with Gasteiger partial charge in [0.1, 0.15) is 5.82 Å². The number of para-hydroxylation sites is 1. The fraction of sp³-hybridized carbons (Fsp3) is 0.222. The first-order valence-corrected chi connectivity index (χ1v) is 7.36. The quantitative estimate of drug-likeness (QED) is 0.786. The van der Waals surface area contributed by atoms with Gasteiger partial charge in [0.05, 0.1) is 10.9 Å². The molecule has 1 heterocycles. The molecule has 0 aliphatic carbocycles. The van der Waals surface area contributed by atoms with Gasteiger partial charge in [-0.15, -0.1) is 0 Å². The molecule has 0 atom stereocenters. The number of benzene rings is 2. The standard InChI is InChI=1S/C18H18N2O/c1-2-3-6-13-9-11-14(12-10-13)17-19-16-8-5-4-7-15(16)18(21)20-17/h4-5,7-12H,2-3,6H2,1H3,(H,19,20,21). The summed E-state index contributed by atoms with van der Waals surface area (Å²) in [4.78, 5) is 19.5. The molecule has 0 saturated heterocycles. The van der Waals surface area contributed by atoms with Gasteiger partial charge >= 0.3 is 0 Å². The van der Waals surface area contributed by atoms with Crippen LogP contribution in [0.3, 0.4) is 0 Å². The second kappa shape index (κ2) is 5.92. The van der Waals surface area contributed by atoms with Crippen molar-refractivity contribution in [2.24, 2.45) is 0 Å². The van der Waals surface area contributed by atoms with Gasteiger partial charge in [-0.05, 0) is 30.5 Å². The Bertz CT molecular complexity index is 803. The minimum absolute atomic E-state index is 0.0920. The minimum Gasteiger partial charge on any atom is -0.306 e. The highest BCUT2D eigenvalue weighted by molar-refractivity contribution is 5.79. The zero-order chi connectivity index (χ0) is 14.7. The Labute approximate surface area is 123 Å². The molecule has 0 aliphatic heterocycles. The molecule has 0 unspecified atom stereocenters. The van der Waals surface area contributed by atoms with Crippen molar-refractivity contribution in [3.63, 3.8) is 0 Å². The zero-order valence-corrected chi connectivity index (χ0v) is 12.1. The third-order valence-electron chi connectivity index (χ3n) is 3.66. The van der Waals surface area contributed by atoms with Gasteiger partial charge in [0.2, 0.25) is 0 Å². The largest absolute Gasteiger partial charge is 0.306 e. The minimum atomic E-state index is -0.0920. The topological polar surface area (TPSA) is 45.8 Å². The fourth-order valence-corrected chi connectivity index (χ4v) is 2.43. The van der Waals surface area contributed by atoms with Crippen molar-refractivity contribution in [3.05, 3.63) is 64.4 Å². The van der Waals surface area contributed by atoms with Crippen molar-refractivity contribution in [3.8, 4) is 11.4 Å². The number of aromatic nitrogens is 2. The van der Waals surface area contributed by atoms with Crippen molar-refractivity contribution in [2.75, 3.05) is 0 Å². The van der Waals surface area contributed by atoms with Crippen LogP contribution in [0.4, 0.5) is 0 Å². The summed E-state index contributed by atoms with van der Waals surface area (Å²) in [6.07, 6.45) is 3.49. The van der Waals surface area contributed by atoms with E-state index in [-0.39, 0.29) is 5.56 Å². The van der Waals surface area contributed by atoms with Crippen molar-refractivity contribution < 1.29 is 0 Å². The molecule has 3 heteroatoms. The van der Waals surface area contributed by atoms with Crippen molar-refractivity contribution in [1.29, 1.82) is 0 Å². The van der Waals surface area contributed by atoms with Gasteiger partial charge in [0.15, 0.2) is 0 Å². The Morgan fingerprint density at radius 3 is 2.57 bits per heavy atom. The van der Waals surface area contributed by atoms with Gasteiger partial charge in [0, 0.05) is 5.56 Å². The van der Waals surface area contributed by atoms with E-state index in [1.807, 2.05) is 30.3 Å². The monoisotopic (exact) mass is 278 g/mol. The third kappa shape index (κ3) is 2.87. The Morgan fingerprint density at radius 2 is 1.81 bits per heavy atom. The van der Waals surface area contributed by atoms with E-state index in [1.54, 1.807) is 6.07 Å². The highest BCUT2D eigenvalue weighted by Gasteiger charge is 2.05. The maximum Gasteiger partial charge on any atom is 0.259 e.